The number of benzene rings is 1. The van der Waals surface area contributed by atoms with E-state index < -0.39 is 5.97 Å². The van der Waals surface area contributed by atoms with Crippen LogP contribution in [0, 0.1) is 5.92 Å². The van der Waals surface area contributed by atoms with Crippen molar-refractivity contribution in [1.29, 1.82) is 0 Å². The molecule has 2 heterocycles. The monoisotopic (exact) mass is 505 g/mol. The summed E-state index contributed by atoms with van der Waals surface area (Å²) in [4.78, 5) is 12.8. The second-order valence-corrected chi connectivity index (χ2v) is 10.5. The molecule has 7 nitrogen and oxygen atoms in total. The number of epoxide rings is 2. The molecule has 6 atom stereocenters. The maximum Gasteiger partial charge on any atom is 0.331 e. The number of hydrogen-bond donors (Lipinski definition) is 2. The number of carbonyl (C=O) groups excluding carboxylic acids is 1. The van der Waals surface area contributed by atoms with Gasteiger partial charge in [0.1, 0.15) is 23.4 Å². The first-order chi connectivity index (χ1) is 16.7. The highest BCUT2D eigenvalue weighted by Crippen LogP contribution is 2.59. The highest BCUT2D eigenvalue weighted by Gasteiger charge is 2.72. The van der Waals surface area contributed by atoms with Crippen LogP contribution in [0.2, 0.25) is 5.02 Å². The van der Waals surface area contributed by atoms with Crippen molar-refractivity contribution in [2.75, 3.05) is 32.2 Å². The van der Waals surface area contributed by atoms with Crippen LogP contribution in [0.1, 0.15) is 45.6 Å². The summed E-state index contributed by atoms with van der Waals surface area (Å²) in [5.41, 5.74) is 2.13. The van der Waals surface area contributed by atoms with Crippen LogP contribution in [0.25, 0.3) is 6.08 Å². The average molecular weight is 506 g/mol. The van der Waals surface area contributed by atoms with Gasteiger partial charge in [-0.2, -0.15) is 0 Å². The molecule has 4 rings (SSSR count). The van der Waals surface area contributed by atoms with E-state index >= 15 is 0 Å². The van der Waals surface area contributed by atoms with Crippen molar-refractivity contribution in [3.8, 4) is 0 Å². The Kier molecular flexibility index (Phi) is 7.93. The van der Waals surface area contributed by atoms with Gasteiger partial charge in [-0.1, -0.05) is 29.3 Å². The summed E-state index contributed by atoms with van der Waals surface area (Å²) in [6.45, 7) is 7.38. The van der Waals surface area contributed by atoms with Crippen LogP contribution in [-0.4, -0.2) is 67.5 Å². The minimum atomic E-state index is -0.425. The summed E-state index contributed by atoms with van der Waals surface area (Å²) in [5.74, 6) is -0.436. The number of aliphatic hydroxyl groups excluding tert-OH is 1. The van der Waals surface area contributed by atoms with E-state index in [1.165, 1.54) is 11.6 Å². The van der Waals surface area contributed by atoms with Gasteiger partial charge in [0.15, 0.2) is 0 Å². The molecule has 2 aliphatic heterocycles. The first-order valence-corrected chi connectivity index (χ1v) is 12.6. The third kappa shape index (κ3) is 5.75. The van der Waals surface area contributed by atoms with Gasteiger partial charge in [0.2, 0.25) is 0 Å². The lowest BCUT2D eigenvalue weighted by atomic mass is 9.68. The Balaban J connectivity index is 1.43. The molecule has 0 bridgehead atoms. The van der Waals surface area contributed by atoms with Gasteiger partial charge in [0.25, 0.3) is 0 Å². The number of anilines is 1. The van der Waals surface area contributed by atoms with E-state index in [-0.39, 0.29) is 42.0 Å². The molecule has 0 aromatic heterocycles. The minimum Gasteiger partial charge on any atom is -0.456 e. The molecule has 1 aromatic carbocycles. The van der Waals surface area contributed by atoms with Gasteiger partial charge >= 0.3 is 5.97 Å². The van der Waals surface area contributed by atoms with E-state index in [2.05, 4.69) is 32.2 Å². The number of hydrogen-bond acceptors (Lipinski definition) is 7. The molecular formula is C27H36ClNO6. The SMILES string of the molecule is CO[C@@H]1[C@H](OC(=O)C=Cc2ccc(Cl)c(NCCO)c2)CC[C@]2(CO2)[C@H]1[C@@]1(C)O[C@@H]1CC=C(C)C. The minimum absolute atomic E-state index is 0.00211. The number of halogens is 1. The maximum absolute atomic E-state index is 12.8. The molecule has 35 heavy (non-hydrogen) atoms. The zero-order valence-corrected chi connectivity index (χ0v) is 21.6. The molecule has 0 amide bonds. The van der Waals surface area contributed by atoms with E-state index in [1.54, 1.807) is 19.3 Å². The predicted molar refractivity (Wildman–Crippen MR) is 135 cm³/mol. The Morgan fingerprint density at radius 3 is 2.80 bits per heavy atom. The van der Waals surface area contributed by atoms with E-state index in [1.807, 2.05) is 12.1 Å². The number of aliphatic hydroxyl groups is 1. The fourth-order valence-corrected chi connectivity index (χ4v) is 5.58. The fourth-order valence-electron chi connectivity index (χ4n) is 5.40. The van der Waals surface area contributed by atoms with Gasteiger partial charge in [-0.15, -0.1) is 0 Å². The number of methoxy groups -OCH3 is 1. The lowest BCUT2D eigenvalue weighted by Gasteiger charge is -2.42. The first-order valence-electron chi connectivity index (χ1n) is 12.2. The van der Waals surface area contributed by atoms with Crippen LogP contribution in [0.4, 0.5) is 5.69 Å². The van der Waals surface area contributed by atoms with Crippen LogP contribution < -0.4 is 5.32 Å². The topological polar surface area (TPSA) is 92.9 Å². The van der Waals surface area contributed by atoms with Crippen LogP contribution in [0.15, 0.2) is 35.9 Å². The standard InChI is InChI=1S/C27H36ClNO6/c1-17(2)5-9-22-26(3,35-22)25-24(32-4)21(11-12-27(25)16-33-27)34-23(31)10-7-18-6-8-19(28)20(15-18)29-13-14-30/h5-8,10,15,21-22,24-25,29-30H,9,11-14,16H2,1-4H3/t21-,22-,24-,25-,26+,27+/m1/s1. The van der Waals surface area contributed by atoms with Crippen molar-refractivity contribution in [3.05, 3.63) is 46.5 Å². The second kappa shape index (κ2) is 10.6. The number of rotatable bonds is 10. The van der Waals surface area contributed by atoms with E-state index in [0.717, 1.165) is 18.4 Å². The Hall–Kier alpha value is -1.90. The van der Waals surface area contributed by atoms with Gasteiger partial charge in [-0.05, 0) is 63.8 Å². The van der Waals surface area contributed by atoms with E-state index in [4.69, 9.17) is 35.7 Å². The van der Waals surface area contributed by atoms with E-state index in [0.29, 0.717) is 30.3 Å². The first kappa shape index (κ1) is 26.2. The molecule has 3 aliphatic rings. The molecule has 1 saturated carbocycles. The third-order valence-electron chi connectivity index (χ3n) is 7.33. The molecular weight excluding hydrogens is 470 g/mol. The number of nitrogens with one attached hydrogen (secondary N) is 1. The number of ether oxygens (including phenoxy) is 4. The van der Waals surface area contributed by atoms with Crippen LogP contribution in [0.5, 0.6) is 0 Å². The average Bonchev–Trinajstić information content (AvgIpc) is 3.74. The summed E-state index contributed by atoms with van der Waals surface area (Å²) in [6.07, 6.45) is 7.07. The molecule has 192 valence electrons. The summed E-state index contributed by atoms with van der Waals surface area (Å²) in [5, 5.41) is 12.6. The van der Waals surface area contributed by atoms with Crippen LogP contribution >= 0.6 is 11.6 Å². The van der Waals surface area contributed by atoms with Crippen molar-refractivity contribution in [3.63, 3.8) is 0 Å². The Bertz CT molecular complexity index is 986. The van der Waals surface area contributed by atoms with Crippen molar-refractivity contribution in [2.24, 2.45) is 5.92 Å². The summed E-state index contributed by atoms with van der Waals surface area (Å²) in [7, 11) is 1.67. The highest BCUT2D eigenvalue weighted by molar-refractivity contribution is 6.33. The smallest absolute Gasteiger partial charge is 0.331 e. The molecule has 0 radical (unpaired) electrons. The normalized spacial score (nSPS) is 33.5. The number of allylic oxidation sites excluding steroid dienone is 1. The summed E-state index contributed by atoms with van der Waals surface area (Å²) >= 11 is 6.19. The lowest BCUT2D eigenvalue weighted by molar-refractivity contribution is -0.166. The molecule has 3 fully saturated rings. The van der Waals surface area contributed by atoms with Crippen molar-refractivity contribution < 1.29 is 28.8 Å². The predicted octanol–water partition coefficient (Wildman–Crippen LogP) is 4.38. The van der Waals surface area contributed by atoms with Gasteiger partial charge in [0.05, 0.1) is 35.9 Å². The van der Waals surface area contributed by atoms with Gasteiger partial charge in [-0.25, -0.2) is 4.79 Å². The zero-order chi connectivity index (χ0) is 25.2. The third-order valence-corrected chi connectivity index (χ3v) is 7.66. The van der Waals surface area contributed by atoms with Crippen molar-refractivity contribution in [1.82, 2.24) is 0 Å². The van der Waals surface area contributed by atoms with Gasteiger partial charge < -0.3 is 29.4 Å². The highest BCUT2D eigenvalue weighted by atomic mass is 35.5. The molecule has 2 saturated heterocycles. The molecule has 2 N–H and O–H groups in total. The zero-order valence-electron chi connectivity index (χ0n) is 20.9. The summed E-state index contributed by atoms with van der Waals surface area (Å²) in [6, 6.07) is 5.38. The number of esters is 1. The largest absolute Gasteiger partial charge is 0.456 e. The van der Waals surface area contributed by atoms with Crippen molar-refractivity contribution >= 4 is 29.3 Å². The lowest BCUT2D eigenvalue weighted by Crippen LogP contribution is -2.55. The van der Waals surface area contributed by atoms with E-state index in [9.17, 15) is 4.79 Å². The van der Waals surface area contributed by atoms with Crippen LogP contribution in [-0.2, 0) is 23.7 Å². The quantitative estimate of drug-likeness (QED) is 0.211. The fraction of sp³-hybridized carbons (Fsp3) is 0.593. The molecule has 1 aromatic rings. The molecule has 1 aliphatic carbocycles. The molecule has 1 spiro atoms. The Labute approximate surface area is 212 Å². The Morgan fingerprint density at radius 2 is 2.14 bits per heavy atom. The number of carbonyl (C=O) groups is 1. The molecule has 0 unspecified atom stereocenters. The van der Waals surface area contributed by atoms with Crippen LogP contribution in [0.3, 0.4) is 0 Å². The Morgan fingerprint density at radius 1 is 1.37 bits per heavy atom. The molecule has 8 heteroatoms. The maximum atomic E-state index is 12.8. The van der Waals surface area contributed by atoms with Gasteiger partial charge in [-0.3, -0.25) is 0 Å². The summed E-state index contributed by atoms with van der Waals surface area (Å²) < 4.78 is 24.0. The van der Waals surface area contributed by atoms with Gasteiger partial charge in [0, 0.05) is 19.7 Å². The second-order valence-electron chi connectivity index (χ2n) is 10.1. The van der Waals surface area contributed by atoms with Crippen molar-refractivity contribution in [2.45, 2.75) is 69.5 Å².